The van der Waals surface area contributed by atoms with Crippen LogP contribution in [0.1, 0.15) is 35.1 Å². The molecule has 4 saturated heterocycles. The number of carbonyl (C=O) groups excluding carboxylic acids is 6. The maximum atomic E-state index is 15.2. The zero-order chi connectivity index (χ0) is 76.2. The lowest BCUT2D eigenvalue weighted by Gasteiger charge is -2.46. The highest BCUT2D eigenvalue weighted by molar-refractivity contribution is 5.98. The molecule has 0 saturated carbocycles. The summed E-state index contributed by atoms with van der Waals surface area (Å²) in [6, 6.07) is 19.9. The third kappa shape index (κ3) is 18.5. The number of hydrogen-bond acceptors (Lipinski definition) is 31. The van der Waals surface area contributed by atoms with Gasteiger partial charge in [0.1, 0.15) is 121 Å². The molecule has 6 amide bonds. The Hall–Kier alpha value is -8.94. The number of ether oxygens (including phenoxy) is 6. The number of benzene rings is 4. The van der Waals surface area contributed by atoms with E-state index >= 15 is 9.59 Å². The van der Waals surface area contributed by atoms with Gasteiger partial charge in [-0.1, -0.05) is 116 Å². The summed E-state index contributed by atoms with van der Waals surface area (Å²) in [5, 5.41) is 161. The molecule has 25 atom stereocenters. The maximum Gasteiger partial charge on any atom is 0.246 e. The Labute approximate surface area is 605 Å². The van der Waals surface area contributed by atoms with E-state index in [1.54, 1.807) is 37.3 Å². The van der Waals surface area contributed by atoms with E-state index in [4.69, 9.17) is 39.9 Å². The molecule has 37 nitrogen and oxygen atoms in total. The highest BCUT2D eigenvalue weighted by Gasteiger charge is 2.54. The van der Waals surface area contributed by atoms with Gasteiger partial charge in [-0.3, -0.25) is 38.8 Å². The predicted octanol–water partition coefficient (Wildman–Crippen LogP) is -9.45. The Bertz CT molecular complexity index is 3680. The summed E-state index contributed by atoms with van der Waals surface area (Å²) in [5.41, 5.74) is 15.5. The minimum Gasteiger partial charge on any atom is -0.462 e. The summed E-state index contributed by atoms with van der Waals surface area (Å²) in [7, 11) is 0. The second-order valence-corrected chi connectivity index (χ2v) is 26.3. The Morgan fingerprint density at radius 1 is 0.566 bits per heavy atom. The van der Waals surface area contributed by atoms with Crippen molar-refractivity contribution in [2.45, 2.75) is 166 Å². The smallest absolute Gasteiger partial charge is 0.246 e. The van der Waals surface area contributed by atoms with E-state index < -0.39 is 233 Å². The minimum atomic E-state index is -2.35. The van der Waals surface area contributed by atoms with Gasteiger partial charge in [-0.25, -0.2) is 0 Å². The van der Waals surface area contributed by atoms with Crippen LogP contribution in [-0.4, -0.2) is 318 Å². The number of amides is 6. The van der Waals surface area contributed by atoms with Gasteiger partial charge < -0.3 is 148 Å². The first-order valence-electron chi connectivity index (χ1n) is 34.2. The number of nitrogens with two attached hydrogens (primary N) is 2. The second kappa shape index (κ2) is 36.1. The summed E-state index contributed by atoms with van der Waals surface area (Å²) in [4.78, 5) is 96.7. The van der Waals surface area contributed by atoms with Gasteiger partial charge in [-0.05, 0) is 40.0 Å². The Morgan fingerprint density at radius 3 is 1.75 bits per heavy atom. The molecule has 0 spiro atoms. The number of nitrogens with zero attached hydrogens (tertiary/aromatic N) is 3. The van der Waals surface area contributed by atoms with Gasteiger partial charge in [0.25, 0.3) is 0 Å². The van der Waals surface area contributed by atoms with E-state index in [-0.39, 0.29) is 37.0 Å². The number of guanidine groups is 2. The quantitative estimate of drug-likeness (QED) is 0.0325. The second-order valence-electron chi connectivity index (χ2n) is 26.3. The largest absolute Gasteiger partial charge is 0.462 e. The molecule has 4 fully saturated rings. The summed E-state index contributed by atoms with van der Waals surface area (Å²) in [5.74, 6) is -9.00. The van der Waals surface area contributed by atoms with Gasteiger partial charge in [0.05, 0.1) is 64.8 Å². The molecule has 106 heavy (non-hydrogen) atoms. The Morgan fingerprint density at radius 2 is 1.13 bits per heavy atom. The SMILES string of the molecule is C[C@@H](c1ccccc1)[C@@H]1NC(=O)CNC(=O)[C@H](CO)NC(=O)[C@@H]([C@@H](O)[C@@H]2CN=C(N)N2[C@H]2O[C@H](CO)[C@@H](O)[C@H](O)[C@@H]2O)NC(=O)[C@H]([C@@H](O)[C@@H]2CN=C(N)N2)NC(=O)[C@@H](Cc2ccc(O[C@H]3O[C@H](CO)[C@@H](O[C@H]4O[C@H](COCC=C(c5ccccc5)c5ccccc5)[C@@H](O)[C@H](O)[C@@H]4O)[C@H](O)[C@@H]3O)cc2)NC1=O. The van der Waals surface area contributed by atoms with Crippen molar-refractivity contribution in [2.75, 3.05) is 52.7 Å². The summed E-state index contributed by atoms with van der Waals surface area (Å²) >= 11 is 0. The average molecular weight is 1490 g/mol. The molecule has 24 N–H and O–H groups in total. The molecule has 576 valence electrons. The Balaban J connectivity index is 0.888. The van der Waals surface area contributed by atoms with Crippen LogP contribution in [0.3, 0.4) is 0 Å². The fourth-order valence-corrected chi connectivity index (χ4v) is 13.2. The van der Waals surface area contributed by atoms with Crippen molar-refractivity contribution in [3.8, 4) is 5.75 Å². The van der Waals surface area contributed by atoms with E-state index in [1.807, 2.05) is 66.7 Å². The van der Waals surface area contributed by atoms with Crippen LogP contribution in [0.4, 0.5) is 0 Å². The highest BCUT2D eigenvalue weighted by Crippen LogP contribution is 2.33. The molecule has 0 unspecified atom stereocenters. The fraction of sp³-hybridized carbons (Fsp3) is 0.507. The van der Waals surface area contributed by atoms with Crippen LogP contribution >= 0.6 is 0 Å². The van der Waals surface area contributed by atoms with Crippen molar-refractivity contribution in [1.82, 2.24) is 42.1 Å². The number of nitrogens with one attached hydrogen (secondary N) is 7. The van der Waals surface area contributed by atoms with Crippen molar-refractivity contribution in [2.24, 2.45) is 21.5 Å². The van der Waals surface area contributed by atoms with Crippen molar-refractivity contribution in [3.63, 3.8) is 0 Å². The van der Waals surface area contributed by atoms with Crippen LogP contribution in [0.15, 0.2) is 131 Å². The molecule has 0 radical (unpaired) electrons. The molecule has 0 aromatic heterocycles. The number of rotatable bonds is 22. The fourth-order valence-electron chi connectivity index (χ4n) is 13.2. The third-order valence-electron chi connectivity index (χ3n) is 19.2. The van der Waals surface area contributed by atoms with Crippen molar-refractivity contribution in [1.29, 1.82) is 0 Å². The third-order valence-corrected chi connectivity index (χ3v) is 19.2. The van der Waals surface area contributed by atoms with Crippen LogP contribution in [0.5, 0.6) is 5.75 Å². The maximum absolute atomic E-state index is 15.2. The molecule has 4 aromatic carbocycles. The summed E-state index contributed by atoms with van der Waals surface area (Å²) < 4.78 is 35.3. The monoisotopic (exact) mass is 1490 g/mol. The van der Waals surface area contributed by atoms with Gasteiger partial charge in [0, 0.05) is 12.3 Å². The molecular formula is C69H90N12O25. The normalized spacial score (nSPS) is 33.8. The Kier molecular flexibility index (Phi) is 27.1. The molecule has 0 aliphatic carbocycles. The lowest BCUT2D eigenvalue weighted by molar-refractivity contribution is -0.353. The standard InChI is InChI=1S/C69H90N12O25/c1-31(33-11-5-2-6-12-33)46-62(98)75-38(23-32-17-19-36(20-18-32)102-66-58(95)55(92)59(43(29-84)104-66)106-67-57(94)54(91)52(89)44(105-67)30-101-22-21-37(34-13-7-3-8-14-34)35-15-9-4-10-16-35)61(97)79-47(49(86)39-24-73-68(70)77-39)64(100)80-48(63(99)76-40(27-82)60(96)72-26-45(85)78-46)50(87)41-25-74-69(71)81(41)65-56(93)53(90)51(88)42(28-83)103-65/h2-21,31,38-44,46-59,65-67,82-84,86-95H,22-30H2,1H3,(H2,71,74)(H,72,96)(H,75,98)(H,76,99)(H,78,85)(H,79,97)(H,80,100)(H3,70,73,77)/t31-,38+,39-,40-,41-,42+,43+,44+,46-,47-,48+,49-,50-,51+,52+,53-,54-,55+,56-,57-,58-,59+,65-,66-,67+/m0/s1. The predicted molar refractivity (Wildman–Crippen MR) is 367 cm³/mol. The van der Waals surface area contributed by atoms with E-state index in [0.717, 1.165) is 21.6 Å². The molecule has 37 heteroatoms. The van der Waals surface area contributed by atoms with E-state index in [1.165, 1.54) is 24.3 Å². The zero-order valence-corrected chi connectivity index (χ0v) is 57.1. The lowest BCUT2D eigenvalue weighted by Crippen LogP contribution is -2.70. The van der Waals surface area contributed by atoms with Gasteiger partial charge in [0.2, 0.25) is 41.7 Å². The molecule has 10 rings (SSSR count). The molecule has 6 aliphatic heterocycles. The molecule has 6 heterocycles. The van der Waals surface area contributed by atoms with Crippen molar-refractivity contribution >= 4 is 52.9 Å². The number of aliphatic hydroxyl groups is 13. The van der Waals surface area contributed by atoms with Gasteiger partial charge in [-0.2, -0.15) is 0 Å². The van der Waals surface area contributed by atoms with Crippen LogP contribution in [-0.2, 0) is 58.9 Å². The van der Waals surface area contributed by atoms with Crippen LogP contribution in [0, 0.1) is 0 Å². The summed E-state index contributed by atoms with van der Waals surface area (Å²) in [6.45, 7) is -3.47. The van der Waals surface area contributed by atoms with Gasteiger partial charge in [0.15, 0.2) is 24.4 Å². The van der Waals surface area contributed by atoms with Crippen LogP contribution in [0.25, 0.3) is 5.57 Å². The lowest BCUT2D eigenvalue weighted by atomic mass is 9.92. The van der Waals surface area contributed by atoms with E-state index in [2.05, 4.69) is 47.2 Å². The number of carbonyl (C=O) groups is 6. The van der Waals surface area contributed by atoms with E-state index in [9.17, 15) is 85.6 Å². The van der Waals surface area contributed by atoms with Crippen molar-refractivity contribution < 1.29 is 124 Å². The van der Waals surface area contributed by atoms with Crippen LogP contribution < -0.4 is 53.4 Å². The number of aliphatic hydroxyl groups excluding tert-OH is 13. The molecule has 6 aliphatic rings. The first kappa shape index (κ1) is 79.6. The molecule has 0 bridgehead atoms. The molecular weight excluding hydrogens is 1400 g/mol. The van der Waals surface area contributed by atoms with E-state index in [0.29, 0.717) is 5.56 Å². The van der Waals surface area contributed by atoms with Crippen molar-refractivity contribution in [3.05, 3.63) is 144 Å². The first-order valence-corrected chi connectivity index (χ1v) is 34.2. The number of aliphatic imine (C=N–C) groups is 2. The van der Waals surface area contributed by atoms with Gasteiger partial charge in [-0.15, -0.1) is 0 Å². The minimum absolute atomic E-state index is 0.0142. The van der Waals surface area contributed by atoms with Crippen LogP contribution in [0.2, 0.25) is 0 Å². The van der Waals surface area contributed by atoms with Gasteiger partial charge >= 0.3 is 0 Å². The number of hydrogen-bond donors (Lipinski definition) is 22. The highest BCUT2D eigenvalue weighted by atomic mass is 16.7. The average Bonchev–Trinajstić information content (AvgIpc) is 1.49. The topological polar surface area (TPSA) is 585 Å². The molecule has 4 aromatic rings. The zero-order valence-electron chi connectivity index (χ0n) is 57.1. The summed E-state index contributed by atoms with van der Waals surface area (Å²) in [6.07, 6.45) is -29.8. The first-order chi connectivity index (χ1) is 50.8.